The average Bonchev–Trinajstić information content (AvgIpc) is 2.42. The van der Waals surface area contributed by atoms with Gasteiger partial charge in [0.25, 0.3) is 5.91 Å². The monoisotopic (exact) mass is 278 g/mol. The van der Waals surface area contributed by atoms with E-state index < -0.39 is 17.4 Å². The van der Waals surface area contributed by atoms with Crippen LogP contribution in [0.3, 0.4) is 0 Å². The minimum Gasteiger partial charge on any atom is -0.485 e. The van der Waals surface area contributed by atoms with E-state index >= 15 is 0 Å². The fourth-order valence-electron chi connectivity index (χ4n) is 1.54. The van der Waals surface area contributed by atoms with Gasteiger partial charge in [0.05, 0.1) is 0 Å². The maximum Gasteiger partial charge on any atom is 0.283 e. The maximum absolute atomic E-state index is 11.9. The third-order valence-electron chi connectivity index (χ3n) is 2.78. The molecule has 6 heteroatoms. The van der Waals surface area contributed by atoms with E-state index in [0.29, 0.717) is 11.5 Å². The molecule has 0 unspecified atom stereocenters. The summed E-state index contributed by atoms with van der Waals surface area (Å²) in [6.07, 6.45) is -0.787. The molecule has 1 aromatic carbocycles. The van der Waals surface area contributed by atoms with Crippen LogP contribution in [0.1, 0.15) is 20.8 Å². The molecule has 0 spiro atoms. The van der Waals surface area contributed by atoms with E-state index in [9.17, 15) is 9.59 Å². The molecule has 1 atom stereocenters. The largest absolute Gasteiger partial charge is 0.485 e. The van der Waals surface area contributed by atoms with Crippen molar-refractivity contribution in [1.82, 2.24) is 10.9 Å². The highest BCUT2D eigenvalue weighted by molar-refractivity contribution is 5.87. The fraction of sp³-hybridized carbons (Fsp3) is 0.429. The number of ether oxygens (including phenoxy) is 2. The highest BCUT2D eigenvalue weighted by Crippen LogP contribution is 2.30. The van der Waals surface area contributed by atoms with Gasteiger partial charge in [0.2, 0.25) is 12.0 Å². The molecule has 0 aliphatic carbocycles. The molecule has 2 amide bonds. The number of hydrogen-bond donors (Lipinski definition) is 2. The van der Waals surface area contributed by atoms with Gasteiger partial charge in [-0.1, -0.05) is 32.9 Å². The molecule has 6 nitrogen and oxygen atoms in total. The van der Waals surface area contributed by atoms with Gasteiger partial charge in [-0.2, -0.15) is 0 Å². The molecule has 0 bridgehead atoms. The number of nitrogens with one attached hydrogen (secondary N) is 2. The zero-order chi connectivity index (χ0) is 14.8. The molecule has 0 saturated heterocycles. The van der Waals surface area contributed by atoms with Gasteiger partial charge in [-0.05, 0) is 12.1 Å². The zero-order valence-electron chi connectivity index (χ0n) is 11.7. The van der Waals surface area contributed by atoms with E-state index in [2.05, 4.69) is 10.9 Å². The highest BCUT2D eigenvalue weighted by atomic mass is 16.6. The standard InChI is InChI=1S/C14H18N2O4/c1-14(2,3)13(18)16-15-12(17)11-8-19-9-6-4-5-7-10(9)20-11/h4-7,11H,8H2,1-3H3,(H,15,17)(H,16,18)/t11-/m1/s1. The van der Waals surface area contributed by atoms with E-state index in [4.69, 9.17) is 9.47 Å². The van der Waals surface area contributed by atoms with Crippen LogP contribution in [0.2, 0.25) is 0 Å². The average molecular weight is 278 g/mol. The van der Waals surface area contributed by atoms with Gasteiger partial charge in [0.1, 0.15) is 6.61 Å². The van der Waals surface area contributed by atoms with Crippen molar-refractivity contribution in [2.24, 2.45) is 5.41 Å². The second-order valence-electron chi connectivity index (χ2n) is 5.56. The second kappa shape index (κ2) is 5.40. The van der Waals surface area contributed by atoms with Gasteiger partial charge < -0.3 is 9.47 Å². The van der Waals surface area contributed by atoms with Crippen LogP contribution in [0.25, 0.3) is 0 Å². The van der Waals surface area contributed by atoms with Crippen molar-refractivity contribution in [2.75, 3.05) is 6.61 Å². The summed E-state index contributed by atoms with van der Waals surface area (Å²) in [5.74, 6) is 0.399. The first-order chi connectivity index (χ1) is 9.38. The Morgan fingerprint density at radius 1 is 1.15 bits per heavy atom. The number of rotatable bonds is 1. The van der Waals surface area contributed by atoms with Crippen molar-refractivity contribution >= 4 is 11.8 Å². The van der Waals surface area contributed by atoms with Crippen LogP contribution in [-0.4, -0.2) is 24.5 Å². The molecular formula is C14H18N2O4. The van der Waals surface area contributed by atoms with Crippen molar-refractivity contribution in [3.8, 4) is 11.5 Å². The second-order valence-corrected chi connectivity index (χ2v) is 5.56. The van der Waals surface area contributed by atoms with E-state index in [1.807, 2.05) is 6.07 Å². The molecule has 1 heterocycles. The molecule has 2 N–H and O–H groups in total. The van der Waals surface area contributed by atoms with Gasteiger partial charge in [-0.15, -0.1) is 0 Å². The van der Waals surface area contributed by atoms with Crippen LogP contribution in [0.4, 0.5) is 0 Å². The van der Waals surface area contributed by atoms with E-state index in [0.717, 1.165) is 0 Å². The molecule has 108 valence electrons. The Bertz CT molecular complexity index is 522. The first kappa shape index (κ1) is 14.2. The minimum absolute atomic E-state index is 0.105. The number of amides is 2. The molecular weight excluding hydrogens is 260 g/mol. The summed E-state index contributed by atoms with van der Waals surface area (Å²) in [4.78, 5) is 23.6. The smallest absolute Gasteiger partial charge is 0.283 e. The Labute approximate surface area is 117 Å². The fourth-order valence-corrected chi connectivity index (χ4v) is 1.54. The van der Waals surface area contributed by atoms with Crippen LogP contribution in [0.15, 0.2) is 24.3 Å². The van der Waals surface area contributed by atoms with Crippen molar-refractivity contribution in [2.45, 2.75) is 26.9 Å². The highest BCUT2D eigenvalue weighted by Gasteiger charge is 2.28. The molecule has 20 heavy (non-hydrogen) atoms. The first-order valence-corrected chi connectivity index (χ1v) is 6.37. The van der Waals surface area contributed by atoms with Crippen molar-refractivity contribution in [1.29, 1.82) is 0 Å². The van der Waals surface area contributed by atoms with Crippen LogP contribution in [0, 0.1) is 5.41 Å². The summed E-state index contributed by atoms with van der Waals surface area (Å²) < 4.78 is 11.0. The Kier molecular flexibility index (Phi) is 3.83. The Hall–Kier alpha value is -2.24. The van der Waals surface area contributed by atoms with Gasteiger partial charge >= 0.3 is 0 Å². The lowest BCUT2D eigenvalue weighted by molar-refractivity contribution is -0.137. The van der Waals surface area contributed by atoms with Crippen LogP contribution in [0.5, 0.6) is 11.5 Å². The molecule has 0 fully saturated rings. The molecule has 0 saturated carbocycles. The lowest BCUT2D eigenvalue weighted by Crippen LogP contribution is -2.53. The Morgan fingerprint density at radius 2 is 1.80 bits per heavy atom. The maximum atomic E-state index is 11.9. The lowest BCUT2D eigenvalue weighted by Gasteiger charge is -2.26. The number of para-hydroxylation sites is 2. The van der Waals surface area contributed by atoms with E-state index in [-0.39, 0.29) is 12.5 Å². The van der Waals surface area contributed by atoms with Gasteiger partial charge in [-0.25, -0.2) is 0 Å². The van der Waals surface area contributed by atoms with Gasteiger partial charge in [0, 0.05) is 5.41 Å². The summed E-state index contributed by atoms with van der Waals surface area (Å²) in [5.41, 5.74) is 4.14. The molecule has 1 aliphatic heterocycles. The van der Waals surface area contributed by atoms with Crippen molar-refractivity contribution in [3.63, 3.8) is 0 Å². The van der Waals surface area contributed by atoms with Gasteiger partial charge in [0.15, 0.2) is 11.5 Å². The molecule has 0 aromatic heterocycles. The number of hydrogen-bond acceptors (Lipinski definition) is 4. The number of hydrazine groups is 1. The summed E-state index contributed by atoms with van der Waals surface area (Å²) in [7, 11) is 0. The zero-order valence-corrected chi connectivity index (χ0v) is 11.7. The summed E-state index contributed by atoms with van der Waals surface area (Å²) in [6.45, 7) is 5.37. The molecule has 0 radical (unpaired) electrons. The lowest BCUT2D eigenvalue weighted by atomic mass is 9.96. The van der Waals surface area contributed by atoms with E-state index in [1.165, 1.54) is 0 Å². The van der Waals surface area contributed by atoms with Gasteiger partial charge in [-0.3, -0.25) is 20.4 Å². The summed E-state index contributed by atoms with van der Waals surface area (Å²) in [5, 5.41) is 0. The normalized spacial score (nSPS) is 17.2. The SMILES string of the molecule is CC(C)(C)C(=O)NNC(=O)[C@H]1COc2ccccc2O1. The quantitative estimate of drug-likeness (QED) is 0.752. The number of carbonyl (C=O) groups excluding carboxylic acids is 2. The predicted octanol–water partition coefficient (Wildman–Crippen LogP) is 1.02. The predicted molar refractivity (Wildman–Crippen MR) is 72.1 cm³/mol. The Balaban J connectivity index is 1.91. The minimum atomic E-state index is -0.787. The first-order valence-electron chi connectivity index (χ1n) is 6.37. The third-order valence-corrected chi connectivity index (χ3v) is 2.78. The third kappa shape index (κ3) is 3.20. The number of fused-ring (bicyclic) bond motifs is 1. The summed E-state index contributed by atoms with van der Waals surface area (Å²) in [6, 6.07) is 7.11. The van der Waals surface area contributed by atoms with Crippen LogP contribution >= 0.6 is 0 Å². The van der Waals surface area contributed by atoms with Crippen molar-refractivity contribution < 1.29 is 19.1 Å². The molecule has 2 rings (SSSR count). The summed E-state index contributed by atoms with van der Waals surface area (Å²) >= 11 is 0. The van der Waals surface area contributed by atoms with Crippen LogP contribution < -0.4 is 20.3 Å². The Morgan fingerprint density at radius 3 is 2.45 bits per heavy atom. The van der Waals surface area contributed by atoms with E-state index in [1.54, 1.807) is 39.0 Å². The topological polar surface area (TPSA) is 76.7 Å². The van der Waals surface area contributed by atoms with Crippen LogP contribution in [-0.2, 0) is 9.59 Å². The van der Waals surface area contributed by atoms with Crippen molar-refractivity contribution in [3.05, 3.63) is 24.3 Å². The molecule has 1 aliphatic rings. The molecule has 1 aromatic rings. The number of carbonyl (C=O) groups is 2. The number of benzene rings is 1.